The summed E-state index contributed by atoms with van der Waals surface area (Å²) in [5, 5.41) is 2.16. The molecule has 3 rings (SSSR count). The number of hydrogen-bond acceptors (Lipinski definition) is 5. The Kier molecular flexibility index (Phi) is 4.62. The van der Waals surface area contributed by atoms with Crippen molar-refractivity contribution in [2.45, 2.75) is 0 Å². The van der Waals surface area contributed by atoms with Crippen molar-refractivity contribution in [3.8, 4) is 5.75 Å². The van der Waals surface area contributed by atoms with Gasteiger partial charge in [-0.3, -0.25) is 19.9 Å². The standard InChI is InChI=1S/C17H12BrN3O4/c1-25-14-5-4-10(8-13(14)18)7-12-15(22)20-17(24)21(16(12)23)11-3-2-6-19-9-11/h2-9H,1H3,(H,20,22,24)/b12-7+. The van der Waals surface area contributed by atoms with E-state index in [-0.39, 0.29) is 11.3 Å². The van der Waals surface area contributed by atoms with E-state index < -0.39 is 17.8 Å². The molecule has 0 bridgehead atoms. The number of benzene rings is 1. The third-order valence-electron chi connectivity index (χ3n) is 3.49. The van der Waals surface area contributed by atoms with Gasteiger partial charge in [-0.1, -0.05) is 6.07 Å². The maximum absolute atomic E-state index is 12.7. The molecule has 1 N–H and O–H groups in total. The molecule has 1 fully saturated rings. The van der Waals surface area contributed by atoms with Gasteiger partial charge in [0.1, 0.15) is 11.3 Å². The van der Waals surface area contributed by atoms with Crippen molar-refractivity contribution in [3.63, 3.8) is 0 Å². The molecular formula is C17H12BrN3O4. The zero-order valence-corrected chi connectivity index (χ0v) is 14.6. The van der Waals surface area contributed by atoms with Gasteiger partial charge < -0.3 is 4.74 Å². The molecule has 0 aliphatic carbocycles. The summed E-state index contributed by atoms with van der Waals surface area (Å²) in [6, 6.07) is 7.44. The fourth-order valence-corrected chi connectivity index (χ4v) is 2.88. The SMILES string of the molecule is COc1ccc(/C=C2\C(=O)NC(=O)N(c3cccnc3)C2=O)cc1Br. The molecule has 0 saturated carbocycles. The topological polar surface area (TPSA) is 88.6 Å². The summed E-state index contributed by atoms with van der Waals surface area (Å²) in [5.74, 6) is -0.843. The van der Waals surface area contributed by atoms with Crippen LogP contribution in [0.25, 0.3) is 6.08 Å². The summed E-state index contributed by atoms with van der Waals surface area (Å²) < 4.78 is 5.82. The van der Waals surface area contributed by atoms with Crippen molar-refractivity contribution >= 4 is 45.5 Å². The second kappa shape index (κ2) is 6.86. The zero-order chi connectivity index (χ0) is 18.0. The first kappa shape index (κ1) is 16.8. The second-order valence-corrected chi connectivity index (χ2v) is 5.92. The number of rotatable bonds is 3. The maximum Gasteiger partial charge on any atom is 0.336 e. The molecule has 1 aromatic carbocycles. The van der Waals surface area contributed by atoms with Gasteiger partial charge in [0.25, 0.3) is 11.8 Å². The van der Waals surface area contributed by atoms with Crippen molar-refractivity contribution in [2.24, 2.45) is 0 Å². The van der Waals surface area contributed by atoms with Crippen molar-refractivity contribution in [1.82, 2.24) is 10.3 Å². The van der Waals surface area contributed by atoms with E-state index in [0.29, 0.717) is 15.8 Å². The highest BCUT2D eigenvalue weighted by atomic mass is 79.9. The lowest BCUT2D eigenvalue weighted by Crippen LogP contribution is -2.54. The van der Waals surface area contributed by atoms with Gasteiger partial charge in [-0.05, 0) is 51.8 Å². The lowest BCUT2D eigenvalue weighted by atomic mass is 10.1. The number of anilines is 1. The van der Waals surface area contributed by atoms with Gasteiger partial charge in [0.15, 0.2) is 0 Å². The van der Waals surface area contributed by atoms with Crippen LogP contribution in [-0.4, -0.2) is 29.9 Å². The first-order chi connectivity index (χ1) is 12.0. The number of halogens is 1. The van der Waals surface area contributed by atoms with E-state index in [1.54, 1.807) is 30.3 Å². The zero-order valence-electron chi connectivity index (χ0n) is 13.0. The minimum Gasteiger partial charge on any atom is -0.496 e. The fourth-order valence-electron chi connectivity index (χ4n) is 2.32. The molecule has 0 atom stereocenters. The normalized spacial score (nSPS) is 16.2. The Balaban J connectivity index is 2.00. The molecule has 25 heavy (non-hydrogen) atoms. The summed E-state index contributed by atoms with van der Waals surface area (Å²) in [6.45, 7) is 0. The monoisotopic (exact) mass is 401 g/mol. The van der Waals surface area contributed by atoms with Crippen LogP contribution in [0.2, 0.25) is 0 Å². The molecule has 1 aliphatic rings. The number of barbiturate groups is 1. The van der Waals surface area contributed by atoms with Gasteiger partial charge >= 0.3 is 6.03 Å². The third kappa shape index (κ3) is 3.29. The largest absolute Gasteiger partial charge is 0.496 e. The molecule has 1 aromatic heterocycles. The number of amides is 4. The lowest BCUT2D eigenvalue weighted by Gasteiger charge is -2.26. The van der Waals surface area contributed by atoms with Crippen molar-refractivity contribution in [2.75, 3.05) is 12.0 Å². The molecule has 8 heteroatoms. The summed E-state index contributed by atoms with van der Waals surface area (Å²) in [6.07, 6.45) is 4.30. The van der Waals surface area contributed by atoms with Crippen LogP contribution < -0.4 is 15.0 Å². The Labute approximate surface area is 151 Å². The van der Waals surface area contributed by atoms with Crippen molar-refractivity contribution in [3.05, 3.63) is 58.3 Å². The molecule has 126 valence electrons. The Hall–Kier alpha value is -3.00. The van der Waals surface area contributed by atoms with E-state index in [1.165, 1.54) is 25.6 Å². The average Bonchev–Trinajstić information content (AvgIpc) is 2.59. The predicted octanol–water partition coefficient (Wildman–Crippen LogP) is 2.52. The molecule has 0 unspecified atom stereocenters. The van der Waals surface area contributed by atoms with Gasteiger partial charge in [-0.15, -0.1) is 0 Å². The number of pyridine rings is 1. The van der Waals surface area contributed by atoms with Crippen LogP contribution in [0.1, 0.15) is 5.56 Å². The average molecular weight is 402 g/mol. The molecule has 7 nitrogen and oxygen atoms in total. The van der Waals surface area contributed by atoms with Crippen LogP contribution in [0.5, 0.6) is 5.75 Å². The van der Waals surface area contributed by atoms with E-state index in [4.69, 9.17) is 4.74 Å². The number of nitrogens with zero attached hydrogens (tertiary/aromatic N) is 2. The van der Waals surface area contributed by atoms with Crippen LogP contribution in [0, 0.1) is 0 Å². The third-order valence-corrected chi connectivity index (χ3v) is 4.11. The van der Waals surface area contributed by atoms with Gasteiger partial charge in [0, 0.05) is 6.20 Å². The molecule has 2 heterocycles. The van der Waals surface area contributed by atoms with Crippen molar-refractivity contribution in [1.29, 1.82) is 0 Å². The molecule has 0 spiro atoms. The van der Waals surface area contributed by atoms with Gasteiger partial charge in [-0.25, -0.2) is 9.69 Å². The van der Waals surface area contributed by atoms with Gasteiger partial charge in [0.2, 0.25) is 0 Å². The molecule has 4 amide bonds. The van der Waals surface area contributed by atoms with Crippen molar-refractivity contribution < 1.29 is 19.1 Å². The lowest BCUT2D eigenvalue weighted by molar-refractivity contribution is -0.122. The number of imide groups is 2. The Bertz CT molecular complexity index is 896. The Morgan fingerprint density at radius 3 is 2.68 bits per heavy atom. The molecule has 2 aromatic rings. The number of nitrogens with one attached hydrogen (secondary N) is 1. The minimum absolute atomic E-state index is 0.152. The molecule has 1 aliphatic heterocycles. The van der Waals surface area contributed by atoms with Gasteiger partial charge in [0.05, 0.1) is 23.5 Å². The smallest absolute Gasteiger partial charge is 0.336 e. The number of carbonyl (C=O) groups is 3. The van der Waals surface area contributed by atoms with Crippen LogP contribution in [0.4, 0.5) is 10.5 Å². The molecule has 1 saturated heterocycles. The van der Waals surface area contributed by atoms with E-state index in [1.807, 2.05) is 0 Å². The quantitative estimate of drug-likeness (QED) is 0.630. The highest BCUT2D eigenvalue weighted by Crippen LogP contribution is 2.27. The van der Waals surface area contributed by atoms with Crippen LogP contribution >= 0.6 is 15.9 Å². The number of methoxy groups -OCH3 is 1. The maximum atomic E-state index is 12.7. The number of aromatic nitrogens is 1. The van der Waals surface area contributed by atoms with Gasteiger partial charge in [-0.2, -0.15) is 0 Å². The van der Waals surface area contributed by atoms with E-state index in [0.717, 1.165) is 4.90 Å². The van der Waals surface area contributed by atoms with Crippen LogP contribution in [0.3, 0.4) is 0 Å². The molecule has 0 radical (unpaired) electrons. The van der Waals surface area contributed by atoms with Crippen LogP contribution in [-0.2, 0) is 9.59 Å². The van der Waals surface area contributed by atoms with E-state index in [9.17, 15) is 14.4 Å². The number of hydrogen-bond donors (Lipinski definition) is 1. The van der Waals surface area contributed by atoms with Crippen LogP contribution in [0.15, 0.2) is 52.8 Å². The number of carbonyl (C=O) groups excluding carboxylic acids is 3. The predicted molar refractivity (Wildman–Crippen MR) is 93.9 cm³/mol. The fraction of sp³-hybridized carbons (Fsp3) is 0.0588. The second-order valence-electron chi connectivity index (χ2n) is 5.06. The first-order valence-electron chi connectivity index (χ1n) is 7.16. The number of urea groups is 1. The summed E-state index contributed by atoms with van der Waals surface area (Å²) in [5.41, 5.74) is 0.728. The summed E-state index contributed by atoms with van der Waals surface area (Å²) in [4.78, 5) is 41.6. The highest BCUT2D eigenvalue weighted by Gasteiger charge is 2.36. The molecular weight excluding hydrogens is 390 g/mol. The van der Waals surface area contributed by atoms with E-state index in [2.05, 4.69) is 26.2 Å². The van der Waals surface area contributed by atoms with E-state index >= 15 is 0 Å². The number of ether oxygens (including phenoxy) is 1. The highest BCUT2D eigenvalue weighted by molar-refractivity contribution is 9.10. The summed E-state index contributed by atoms with van der Waals surface area (Å²) >= 11 is 3.35. The summed E-state index contributed by atoms with van der Waals surface area (Å²) in [7, 11) is 1.54. The first-order valence-corrected chi connectivity index (χ1v) is 7.95. The Morgan fingerprint density at radius 2 is 2.04 bits per heavy atom. The Morgan fingerprint density at radius 1 is 1.24 bits per heavy atom. The minimum atomic E-state index is -0.809.